The Morgan fingerprint density at radius 2 is 0.627 bits per heavy atom. The summed E-state index contributed by atoms with van der Waals surface area (Å²) in [4.78, 5) is 34.3. The van der Waals surface area contributed by atoms with Crippen LogP contribution in [0.5, 0.6) is 0 Å². The van der Waals surface area contributed by atoms with Gasteiger partial charge in [-0.2, -0.15) is 0 Å². The summed E-state index contributed by atoms with van der Waals surface area (Å²) >= 11 is 0. The van der Waals surface area contributed by atoms with Crippen LogP contribution in [0.2, 0.25) is 0 Å². The number of hydrogen-bond donors (Lipinski definition) is 0. The Kier molecular flexibility index (Phi) is 30.4. The van der Waals surface area contributed by atoms with Crippen LogP contribution in [0, 0.1) is 69.2 Å². The summed E-state index contributed by atoms with van der Waals surface area (Å²) in [6.45, 7) is -5.53. The molecule has 0 aliphatic heterocycles. The monoisotopic (exact) mass is 2580 g/mol. The first-order valence-electron chi connectivity index (χ1n) is 54.6. The van der Waals surface area contributed by atoms with Gasteiger partial charge in [-0.3, -0.25) is 0 Å². The van der Waals surface area contributed by atoms with Crippen molar-refractivity contribution in [1.82, 2.24) is 39.9 Å². The van der Waals surface area contributed by atoms with Gasteiger partial charge in [0.05, 0.1) is 16.7 Å². The summed E-state index contributed by atoms with van der Waals surface area (Å²) < 4.78 is 171. The van der Waals surface area contributed by atoms with E-state index in [4.69, 9.17) is 40.7 Å². The Labute approximate surface area is 915 Å². The first-order chi connectivity index (χ1) is 75.6. The normalized spacial score (nSPS) is 13.3. The summed E-state index contributed by atoms with van der Waals surface area (Å²) in [6.07, 6.45) is 12.8. The Balaban J connectivity index is 0.000000165. The minimum atomic E-state index is -3.06. The third kappa shape index (κ3) is 27.5. The Morgan fingerprint density at radius 3 is 1.01 bits per heavy atom. The van der Waals surface area contributed by atoms with Gasteiger partial charge in [0.15, 0.2) is 0 Å². The van der Waals surface area contributed by atoms with Crippen molar-refractivity contribution in [1.29, 1.82) is 0 Å². The Bertz CT molecular complexity index is 8280. The van der Waals surface area contributed by atoms with Crippen molar-refractivity contribution in [2.75, 3.05) is 0 Å². The number of aryl methyl sites for hydroxylation is 3. The van der Waals surface area contributed by atoms with Gasteiger partial charge in [0.1, 0.15) is 16.7 Å². The molecule has 11 nitrogen and oxygen atoms in total. The molecule has 0 unspecified atom stereocenters. The van der Waals surface area contributed by atoms with Crippen molar-refractivity contribution in [3.05, 3.63) is 495 Å². The fourth-order valence-corrected chi connectivity index (χ4v) is 15.1. The third-order valence-electron chi connectivity index (χ3n) is 22.1. The zero-order chi connectivity index (χ0) is 112. The molecule has 0 saturated carbocycles. The maximum absolute atomic E-state index is 8.39. The standard InChI is InChI=1S/C23H22NO.2C20H16NO.C18H14N.2C12H10N.2C11H8N.4Ir/c1-14(2)16-11-12-24-21(13-16)20-10-6-9-19-18-8-5-7-17(15(3)4)22(18)25-23(19)20;2*1-13(2)14-10-11-21-18(12-14)17-8-5-7-16-15-6-3-4-9-19(15)22-20(16)17;1-14-12-18(16-10-6-3-7-11-16)19-13-17(14)15-8-4-2-5-9-15;2*1-10-7-8-12(13-9-10)11-5-3-2-4-6-11;2*1-2-6-10(7-3-1)11-8-4-5-9-12-11;;;;/h5-9,11-15H,1-4H3;2*3-7,9-13H,1-2H3;2-10,12-13H,1H3;2*2-5,7-9H,1H3;2*1-6,8-9H;;;;/q8*-1;;;;/i;2*1D3,2D3,13D;;2*1D3;;;;;;. The molecule has 23 rings (SSSR count). The first-order valence-corrected chi connectivity index (χ1v) is 44.6. The summed E-state index contributed by atoms with van der Waals surface area (Å²) in [7, 11) is 0. The Morgan fingerprint density at radius 1 is 0.268 bits per heavy atom. The number of fused-ring (bicyclic) bond motifs is 9. The van der Waals surface area contributed by atoms with E-state index in [-0.39, 0.29) is 114 Å². The van der Waals surface area contributed by atoms with Gasteiger partial charge in [-0.05, 0) is 160 Å². The van der Waals surface area contributed by atoms with Crippen LogP contribution in [0.3, 0.4) is 0 Å². The molecule has 0 N–H and O–H groups in total. The second kappa shape index (κ2) is 52.9. The van der Waals surface area contributed by atoms with Crippen molar-refractivity contribution < 1.29 is 121 Å². The van der Waals surface area contributed by atoms with E-state index < -0.39 is 52.9 Å². The largest absolute Gasteiger partial charge is 0.501 e. The molecule has 0 bridgehead atoms. The molecule has 23 aromatic rings. The summed E-state index contributed by atoms with van der Waals surface area (Å²) in [5, 5.41) is 5.79. The number of nitrogens with zero attached hydrogens (tertiary/aromatic N) is 8. The summed E-state index contributed by atoms with van der Waals surface area (Å²) in [5.74, 6) is -4.71. The van der Waals surface area contributed by atoms with Crippen molar-refractivity contribution in [2.24, 2.45) is 0 Å². The predicted octanol–water partition coefficient (Wildman–Crippen LogP) is 33.2. The van der Waals surface area contributed by atoms with Crippen LogP contribution in [0.4, 0.5) is 0 Å². The number of furan rings is 3. The van der Waals surface area contributed by atoms with E-state index in [2.05, 4.69) is 178 Å². The molecule has 0 fully saturated rings. The van der Waals surface area contributed by atoms with E-state index in [0.29, 0.717) is 45.3 Å². The topological polar surface area (TPSA) is 143 Å². The molecule has 714 valence electrons. The van der Waals surface area contributed by atoms with Crippen LogP contribution in [0.25, 0.3) is 167 Å². The minimum Gasteiger partial charge on any atom is -0.501 e. The molecular formula is C127H104Ir4N8O3-8. The van der Waals surface area contributed by atoms with Crippen LogP contribution < -0.4 is 0 Å². The molecule has 11 heterocycles. The van der Waals surface area contributed by atoms with Gasteiger partial charge in [0.2, 0.25) is 0 Å². The van der Waals surface area contributed by atoms with E-state index >= 15 is 0 Å². The van der Waals surface area contributed by atoms with Gasteiger partial charge >= 0.3 is 0 Å². The van der Waals surface area contributed by atoms with E-state index in [1.165, 1.54) is 76.9 Å². The van der Waals surface area contributed by atoms with Crippen molar-refractivity contribution >= 4 is 65.8 Å². The van der Waals surface area contributed by atoms with Crippen LogP contribution >= 0.6 is 0 Å². The molecule has 15 heteroatoms. The molecule has 12 aromatic carbocycles. The Hall–Kier alpha value is -14.2. The number of hydrogen-bond acceptors (Lipinski definition) is 11. The second-order valence-corrected chi connectivity index (χ2v) is 32.1. The molecule has 0 aliphatic rings. The number of aromatic nitrogens is 8. The maximum Gasteiger partial charge on any atom is 0.124 e. The molecule has 0 aliphatic carbocycles. The van der Waals surface area contributed by atoms with E-state index in [1.54, 1.807) is 60.9 Å². The quantitative estimate of drug-likeness (QED) is 0.102. The fraction of sp³-hybridized carbons (Fsp3) is 0.118. The molecule has 0 amide bonds. The van der Waals surface area contributed by atoms with Crippen LogP contribution in [0.15, 0.2) is 421 Å². The zero-order valence-electron chi connectivity index (χ0n) is 97.5. The second-order valence-electron chi connectivity index (χ2n) is 32.1. The van der Waals surface area contributed by atoms with Crippen molar-refractivity contribution in [3.8, 4) is 101 Å². The smallest absolute Gasteiger partial charge is 0.124 e. The molecule has 0 atom stereocenters. The van der Waals surface area contributed by atoms with Crippen molar-refractivity contribution in [2.45, 2.75) is 99.4 Å². The van der Waals surface area contributed by atoms with E-state index in [1.807, 2.05) is 243 Å². The number of rotatable bonds is 13. The minimum absolute atomic E-state index is 0. The molecule has 4 radical (unpaired) electrons. The van der Waals surface area contributed by atoms with E-state index in [9.17, 15) is 0 Å². The summed E-state index contributed by atoms with van der Waals surface area (Å²) in [6, 6.07) is 136. The molecule has 11 aromatic heterocycles. The van der Waals surface area contributed by atoms with Crippen LogP contribution in [-0.2, 0) is 80.4 Å². The van der Waals surface area contributed by atoms with Gasteiger partial charge in [0, 0.05) is 179 Å². The first kappa shape index (κ1) is 81.5. The van der Waals surface area contributed by atoms with Gasteiger partial charge in [-0.25, -0.2) is 0 Å². The number of pyridine rings is 8. The average Bonchev–Trinajstić information content (AvgIpc) is 1.27. The van der Waals surface area contributed by atoms with Gasteiger partial charge in [0.25, 0.3) is 0 Å². The molecule has 0 spiro atoms. The van der Waals surface area contributed by atoms with Gasteiger partial charge in [-0.1, -0.05) is 262 Å². The number of para-hydroxylation sites is 3. The van der Waals surface area contributed by atoms with Crippen molar-refractivity contribution in [3.63, 3.8) is 0 Å². The maximum atomic E-state index is 8.39. The van der Waals surface area contributed by atoms with Gasteiger partial charge in [-0.15, -0.1) is 234 Å². The molecular weight excluding hydrogens is 2450 g/mol. The van der Waals surface area contributed by atoms with Crippen LogP contribution in [-0.4, -0.2) is 39.9 Å². The fourth-order valence-electron chi connectivity index (χ4n) is 15.1. The molecule has 0 saturated heterocycles. The SMILES string of the molecule is CC(C)c1ccnc(-c2[c-]ccc3c2oc2c(C(C)C)cccc23)c1.Cc1cc(-c2[c-]cccc2)ncc1-c1ccccc1.[2H]C([2H])([2H])C([2H])(c1ccnc(-c2[c-]ccc3c2oc2ccccc23)c1)C([2H])([2H])[2H].[2H]C([2H])([2H])C([2H])(c1ccnc(-c2[c-]ccc3c2oc2ccccc23)c1)C([2H])([2H])[2H].[2H]C([2H])([2H])c1ccc(-c2[c-]cccc2)nc1.[2H]C([2H])([2H])c1ccc(-c2[c-]cccc2)nc1.[Ir].[Ir].[Ir].[Ir].[c-]1ccccc1-c1ccccn1.[c-]1ccccc1-c1ccccn1. The summed E-state index contributed by atoms with van der Waals surface area (Å²) in [5.41, 5.74) is 23.1. The predicted molar refractivity (Wildman–Crippen MR) is 566 cm³/mol. The van der Waals surface area contributed by atoms with Gasteiger partial charge < -0.3 is 53.1 Å². The molecule has 142 heavy (non-hydrogen) atoms. The van der Waals surface area contributed by atoms with Crippen LogP contribution in [0.1, 0.15) is 145 Å². The number of benzene rings is 12. The third-order valence-corrected chi connectivity index (χ3v) is 22.1. The van der Waals surface area contributed by atoms with E-state index in [0.717, 1.165) is 111 Å². The average molecular weight is 2580 g/mol. The zero-order valence-corrected chi connectivity index (χ0v) is 87.1.